The molecule has 0 saturated carbocycles. The second-order valence-electron chi connectivity index (χ2n) is 24.6. The molecule has 0 aliphatic carbocycles. The number of alkyl halides is 3. The zero-order chi connectivity index (χ0) is 61.6. The predicted octanol–water partition coefficient (Wildman–Crippen LogP) is 8.59. The monoisotopic (exact) mass is 1160 g/mol. The van der Waals surface area contributed by atoms with E-state index in [0.717, 1.165) is 24.5 Å². The van der Waals surface area contributed by atoms with E-state index in [1.807, 2.05) is 45.0 Å². The molecule has 0 bridgehead atoms. The van der Waals surface area contributed by atoms with E-state index < -0.39 is 64.1 Å². The molecular weight excluding hydrogens is 1070 g/mol. The Morgan fingerprint density at radius 3 is 1.86 bits per heavy atom. The number of nitriles is 1. The van der Waals surface area contributed by atoms with Crippen LogP contribution in [-0.2, 0) is 55.6 Å². The molecule has 18 nitrogen and oxygen atoms in total. The summed E-state index contributed by atoms with van der Waals surface area (Å²) in [5.41, 5.74) is -1.98. The van der Waals surface area contributed by atoms with Crippen LogP contribution in [0, 0.1) is 11.3 Å². The highest BCUT2D eigenvalue weighted by Crippen LogP contribution is 2.39. The number of unbranched alkanes of at least 4 members (excludes halogenated alkanes) is 1. The van der Waals surface area contributed by atoms with Crippen LogP contribution in [0.1, 0.15) is 143 Å². The molecule has 3 aromatic rings. The molecule has 1 amide bonds. The number of rotatable bonds is 29. The minimum absolute atomic E-state index is 0.0127. The van der Waals surface area contributed by atoms with Gasteiger partial charge in [0.25, 0.3) is 0 Å². The Kier molecular flexibility index (Phi) is 26.6. The smallest absolute Gasteiger partial charge is 0.417 e. The van der Waals surface area contributed by atoms with Crippen molar-refractivity contribution >= 4 is 41.9 Å². The highest BCUT2D eigenvalue weighted by atomic mass is 19.4. The SMILES string of the molecule is CC(C)(C)OC(=O)CNCCN(CCN(CCNCC(=O)NCCCCOc1cc(/C=C/c2nccc(-c3ccccc3)c2C#N)c(C(F)(F)F)cc1CN1CCCC[C@H]1C(=O)OC(C)(C)C)CC(=O)OC(C)(C)C)CC(=O)OC(C)(C)C. The van der Waals surface area contributed by atoms with Crippen molar-refractivity contribution in [1.29, 1.82) is 5.26 Å². The van der Waals surface area contributed by atoms with Crippen molar-refractivity contribution in [2.45, 2.75) is 156 Å². The van der Waals surface area contributed by atoms with Gasteiger partial charge in [-0.15, -0.1) is 0 Å². The number of carbonyl (C=O) groups excluding carboxylic acids is 5. The molecular formula is C62H89F3N8O10. The first kappa shape index (κ1) is 69.1. The molecule has 3 N–H and O–H groups in total. The molecule has 1 aromatic heterocycles. The third-order valence-corrected chi connectivity index (χ3v) is 12.4. The minimum Gasteiger partial charge on any atom is -0.493 e. The van der Waals surface area contributed by atoms with Crippen molar-refractivity contribution in [3.05, 3.63) is 82.7 Å². The quantitative estimate of drug-likeness (QED) is 0.0337. The summed E-state index contributed by atoms with van der Waals surface area (Å²) in [4.78, 5) is 74.7. The molecule has 458 valence electrons. The maximum Gasteiger partial charge on any atom is 0.417 e. The molecule has 0 radical (unpaired) electrons. The lowest BCUT2D eigenvalue weighted by molar-refractivity contribution is -0.163. The summed E-state index contributed by atoms with van der Waals surface area (Å²) in [5.74, 6) is -1.80. The number of hydrogen-bond acceptors (Lipinski definition) is 17. The number of hydrogen-bond donors (Lipinski definition) is 3. The van der Waals surface area contributed by atoms with E-state index in [-0.39, 0.29) is 79.9 Å². The number of ether oxygens (including phenoxy) is 5. The molecule has 0 unspecified atom stereocenters. The first-order valence-electron chi connectivity index (χ1n) is 28.5. The first-order chi connectivity index (χ1) is 38.8. The fourth-order valence-electron chi connectivity index (χ4n) is 8.95. The Hall–Kier alpha value is -6.44. The Labute approximate surface area is 489 Å². The van der Waals surface area contributed by atoms with Gasteiger partial charge in [0.05, 0.1) is 49.6 Å². The Balaban J connectivity index is 1.42. The lowest BCUT2D eigenvalue weighted by Crippen LogP contribution is -2.46. The number of halogens is 3. The molecule has 1 atom stereocenters. The van der Waals surface area contributed by atoms with Gasteiger partial charge in [0, 0.05) is 69.7 Å². The van der Waals surface area contributed by atoms with Gasteiger partial charge in [-0.05, 0) is 151 Å². The maximum atomic E-state index is 15.1. The zero-order valence-corrected chi connectivity index (χ0v) is 50.8. The fourth-order valence-corrected chi connectivity index (χ4v) is 8.95. The molecule has 2 aromatic carbocycles. The van der Waals surface area contributed by atoms with Gasteiger partial charge in [0.2, 0.25) is 5.91 Å². The van der Waals surface area contributed by atoms with Crippen LogP contribution < -0.4 is 20.7 Å². The van der Waals surface area contributed by atoms with E-state index in [4.69, 9.17) is 23.7 Å². The summed E-state index contributed by atoms with van der Waals surface area (Å²) in [7, 11) is 0. The molecule has 1 saturated heterocycles. The molecule has 4 rings (SSSR count). The van der Waals surface area contributed by atoms with Crippen LogP contribution in [0.5, 0.6) is 5.75 Å². The number of nitrogens with zero attached hydrogens (tertiary/aromatic N) is 5. The molecule has 1 fully saturated rings. The van der Waals surface area contributed by atoms with Gasteiger partial charge in [-0.25, -0.2) is 0 Å². The summed E-state index contributed by atoms with van der Waals surface area (Å²) >= 11 is 0. The number of likely N-dealkylation sites (tertiary alicyclic amines) is 1. The molecule has 2 heterocycles. The van der Waals surface area contributed by atoms with Crippen molar-refractivity contribution < 1.29 is 60.8 Å². The van der Waals surface area contributed by atoms with Crippen LogP contribution >= 0.6 is 0 Å². The Bertz CT molecular complexity index is 2670. The zero-order valence-electron chi connectivity index (χ0n) is 50.8. The minimum atomic E-state index is -4.79. The van der Waals surface area contributed by atoms with Crippen molar-refractivity contribution in [2.75, 3.05) is 85.1 Å². The fraction of sp³-hybridized carbons (Fsp3) is 0.597. The first-order valence-corrected chi connectivity index (χ1v) is 28.5. The Morgan fingerprint density at radius 2 is 1.29 bits per heavy atom. The summed E-state index contributed by atoms with van der Waals surface area (Å²) in [5, 5.41) is 19.3. The molecule has 1 aliphatic heterocycles. The number of aromatic nitrogens is 1. The summed E-state index contributed by atoms with van der Waals surface area (Å²) in [6.07, 6.45) is 2.27. The summed E-state index contributed by atoms with van der Waals surface area (Å²) in [6.45, 7) is 24.2. The van der Waals surface area contributed by atoms with Crippen LogP contribution in [0.15, 0.2) is 54.7 Å². The highest BCUT2D eigenvalue weighted by Gasteiger charge is 2.37. The van der Waals surface area contributed by atoms with Gasteiger partial charge in [-0.3, -0.25) is 43.7 Å². The third kappa shape index (κ3) is 26.8. The average Bonchev–Trinajstić information content (AvgIpc) is 3.47. The van der Waals surface area contributed by atoms with E-state index in [0.29, 0.717) is 70.6 Å². The number of benzene rings is 2. The standard InChI is InChI=1S/C62H89F3N8O10/c1-58(2,3)80-54(75)40-68-29-32-72(43-56(77)82-60(7,8)9)34-33-71(42-55(76)81-59(4,5)6)31-28-67-39-53(74)70-26-17-19-35-79-52-37-45(23-24-50-48(38-66)47(25-27-69-50)44-20-14-13-15-21-44)49(62(63,64)65)36-46(52)41-73-30-18-16-22-51(73)57(78)83-61(10,11)12/h13-15,20-21,23-25,27,36-37,51,67-68H,16-19,22,26,28-35,39-43H2,1-12H3,(H,70,74)/b24-23+/t51-/m0/s1. The van der Waals surface area contributed by atoms with Crippen LogP contribution in [0.4, 0.5) is 13.2 Å². The van der Waals surface area contributed by atoms with Crippen molar-refractivity contribution in [1.82, 2.24) is 35.6 Å². The van der Waals surface area contributed by atoms with E-state index >= 15 is 13.2 Å². The maximum absolute atomic E-state index is 15.1. The lowest BCUT2D eigenvalue weighted by atomic mass is 9.97. The number of esters is 4. The molecule has 21 heteroatoms. The van der Waals surface area contributed by atoms with Gasteiger partial charge >= 0.3 is 30.1 Å². The van der Waals surface area contributed by atoms with Crippen LogP contribution in [0.2, 0.25) is 0 Å². The lowest BCUT2D eigenvalue weighted by Gasteiger charge is -2.36. The average molecular weight is 1160 g/mol. The van der Waals surface area contributed by atoms with E-state index in [2.05, 4.69) is 27.0 Å². The number of nitrogens with one attached hydrogen (secondary N) is 3. The van der Waals surface area contributed by atoms with Gasteiger partial charge in [0.15, 0.2) is 0 Å². The largest absolute Gasteiger partial charge is 0.493 e. The Morgan fingerprint density at radius 1 is 0.711 bits per heavy atom. The van der Waals surface area contributed by atoms with Crippen LogP contribution in [0.25, 0.3) is 23.3 Å². The topological polar surface area (TPSA) is 214 Å². The second kappa shape index (κ2) is 32.0. The van der Waals surface area contributed by atoms with Crippen LogP contribution in [-0.4, -0.2) is 163 Å². The van der Waals surface area contributed by atoms with Gasteiger partial charge < -0.3 is 39.6 Å². The van der Waals surface area contributed by atoms with Crippen molar-refractivity contribution in [3.63, 3.8) is 0 Å². The second-order valence-corrected chi connectivity index (χ2v) is 24.6. The van der Waals surface area contributed by atoms with Gasteiger partial charge in [-0.2, -0.15) is 18.4 Å². The van der Waals surface area contributed by atoms with Gasteiger partial charge in [-0.1, -0.05) is 42.8 Å². The summed E-state index contributed by atoms with van der Waals surface area (Å²) in [6, 6.07) is 14.7. The van der Waals surface area contributed by atoms with E-state index in [1.165, 1.54) is 24.4 Å². The van der Waals surface area contributed by atoms with Gasteiger partial charge in [0.1, 0.15) is 40.3 Å². The van der Waals surface area contributed by atoms with Crippen LogP contribution in [0.3, 0.4) is 0 Å². The number of amides is 1. The van der Waals surface area contributed by atoms with Crippen molar-refractivity contribution in [2.24, 2.45) is 0 Å². The van der Waals surface area contributed by atoms with E-state index in [1.54, 1.807) is 89.2 Å². The molecule has 0 spiro atoms. The normalized spacial score (nSPS) is 14.6. The molecule has 1 aliphatic rings. The summed E-state index contributed by atoms with van der Waals surface area (Å²) < 4.78 is 73.9. The molecule has 83 heavy (non-hydrogen) atoms. The van der Waals surface area contributed by atoms with Crippen molar-refractivity contribution in [3.8, 4) is 22.9 Å². The highest BCUT2D eigenvalue weighted by molar-refractivity contribution is 5.80. The number of pyridine rings is 1. The third-order valence-electron chi connectivity index (χ3n) is 12.4. The number of carbonyl (C=O) groups is 5. The number of piperidine rings is 1. The predicted molar refractivity (Wildman–Crippen MR) is 313 cm³/mol. The van der Waals surface area contributed by atoms with E-state index in [9.17, 15) is 29.2 Å².